The smallest absolute Gasteiger partial charge is 0.224 e. The van der Waals surface area contributed by atoms with Crippen LogP contribution in [0.2, 0.25) is 0 Å². The number of aromatic nitrogens is 6. The van der Waals surface area contributed by atoms with Crippen LogP contribution in [0.25, 0.3) is 55.2 Å². The number of imidazole rings is 1. The Morgan fingerprint density at radius 1 is 1.07 bits per heavy atom. The van der Waals surface area contributed by atoms with Gasteiger partial charge in [-0.25, -0.2) is 9.97 Å². The number of carbonyl (C=O) groups is 1. The summed E-state index contributed by atoms with van der Waals surface area (Å²) in [7, 11) is 0. The quantitative estimate of drug-likeness (QED) is 0.208. The lowest BCUT2D eigenvalue weighted by Crippen LogP contribution is -2.30. The highest BCUT2D eigenvalue weighted by molar-refractivity contribution is 7.14. The number of nitrogens with zero attached hydrogens (tertiary/aromatic N) is 4. The van der Waals surface area contributed by atoms with E-state index in [9.17, 15) is 9.18 Å². The van der Waals surface area contributed by atoms with Crippen LogP contribution < -0.4 is 10.6 Å². The van der Waals surface area contributed by atoms with Gasteiger partial charge in [0.25, 0.3) is 0 Å². The fourth-order valence-corrected chi connectivity index (χ4v) is 6.04. The van der Waals surface area contributed by atoms with Crippen LogP contribution in [-0.4, -0.2) is 49.1 Å². The van der Waals surface area contributed by atoms with Gasteiger partial charge in [-0.05, 0) is 73.8 Å². The minimum atomic E-state index is -0.249. The summed E-state index contributed by atoms with van der Waals surface area (Å²) in [4.78, 5) is 30.3. The third-order valence-corrected chi connectivity index (χ3v) is 8.21. The number of hydrogen-bond donors (Lipinski definition) is 4. The van der Waals surface area contributed by atoms with E-state index in [0.29, 0.717) is 40.7 Å². The predicted molar refractivity (Wildman–Crippen MR) is 154 cm³/mol. The molecule has 0 radical (unpaired) electrons. The number of halogens is 1. The van der Waals surface area contributed by atoms with Gasteiger partial charge in [0, 0.05) is 40.2 Å². The molecule has 0 spiro atoms. The predicted octanol–water partition coefficient (Wildman–Crippen LogP) is 5.76. The highest BCUT2D eigenvalue weighted by Gasteiger charge is 2.19. The number of piperidine rings is 1. The Labute approximate surface area is 232 Å². The van der Waals surface area contributed by atoms with Crippen molar-refractivity contribution in [2.24, 2.45) is 5.92 Å². The van der Waals surface area contributed by atoms with E-state index in [1.807, 2.05) is 30.3 Å². The minimum absolute atomic E-state index is 0.0153. The summed E-state index contributed by atoms with van der Waals surface area (Å²) in [6.45, 7) is 1.93. The number of nitrogens with one attached hydrogen (secondary N) is 4. The van der Waals surface area contributed by atoms with Gasteiger partial charge in [0.2, 0.25) is 5.91 Å². The van der Waals surface area contributed by atoms with Gasteiger partial charge in [-0.2, -0.15) is 9.49 Å². The van der Waals surface area contributed by atoms with Gasteiger partial charge in [0.15, 0.2) is 16.6 Å². The molecule has 0 atom stereocenters. The molecule has 6 aromatic rings. The van der Waals surface area contributed by atoms with Crippen LogP contribution in [0.1, 0.15) is 19.3 Å². The Morgan fingerprint density at radius 2 is 1.98 bits per heavy atom. The van der Waals surface area contributed by atoms with Gasteiger partial charge in [-0.3, -0.25) is 14.9 Å². The molecule has 0 bridgehead atoms. The van der Waals surface area contributed by atoms with Crippen molar-refractivity contribution in [3.63, 3.8) is 0 Å². The van der Waals surface area contributed by atoms with Gasteiger partial charge in [-0.1, -0.05) is 6.07 Å². The molecule has 4 N–H and O–H groups in total. The maximum absolute atomic E-state index is 13.7. The standard InChI is InChI=1S/C29H25FN8OS/c30-24-4-3-23(40-24)20-7-10-33-28-26(20)35-29(36-28)27-21-13-17(1-2-22(21)37-38-27)18-12-19(15-32-14-18)34-25(39)11-16-5-8-31-9-6-16/h1-4,7,10,12-16,31H,5-6,8-9,11H2,(H,34,39)(H,37,38)(H,33,35,36). The third-order valence-electron chi connectivity index (χ3n) is 7.30. The monoisotopic (exact) mass is 552 g/mol. The van der Waals surface area contributed by atoms with Crippen LogP contribution >= 0.6 is 11.3 Å². The highest BCUT2D eigenvalue weighted by atomic mass is 32.1. The Bertz CT molecular complexity index is 1850. The van der Waals surface area contributed by atoms with E-state index in [1.165, 1.54) is 6.07 Å². The number of amides is 1. The second kappa shape index (κ2) is 10.2. The lowest BCUT2D eigenvalue weighted by atomic mass is 9.94. The topological polar surface area (TPSA) is 124 Å². The van der Waals surface area contributed by atoms with Crippen LogP contribution in [-0.2, 0) is 4.79 Å². The maximum atomic E-state index is 13.7. The van der Waals surface area contributed by atoms with Crippen LogP contribution in [0, 0.1) is 11.0 Å². The van der Waals surface area contributed by atoms with E-state index in [0.717, 1.165) is 69.7 Å². The van der Waals surface area contributed by atoms with Crippen LogP contribution in [0.4, 0.5) is 10.1 Å². The molecule has 40 heavy (non-hydrogen) atoms. The van der Waals surface area contributed by atoms with Crippen molar-refractivity contribution >= 4 is 45.0 Å². The van der Waals surface area contributed by atoms with Gasteiger partial charge in [0.05, 0.1) is 17.4 Å². The molecule has 1 fully saturated rings. The summed E-state index contributed by atoms with van der Waals surface area (Å²) in [5.41, 5.74) is 6.05. The normalized spacial score (nSPS) is 14.2. The molecule has 1 saturated heterocycles. The van der Waals surface area contributed by atoms with Crippen molar-refractivity contribution in [3.8, 4) is 33.1 Å². The first-order chi connectivity index (χ1) is 19.6. The van der Waals surface area contributed by atoms with E-state index in [2.05, 4.69) is 35.8 Å². The summed E-state index contributed by atoms with van der Waals surface area (Å²) in [6.07, 6.45) is 7.70. The number of rotatable bonds is 6. The summed E-state index contributed by atoms with van der Waals surface area (Å²) >= 11 is 1.07. The van der Waals surface area contributed by atoms with Crippen molar-refractivity contribution in [3.05, 3.63) is 66.2 Å². The zero-order valence-electron chi connectivity index (χ0n) is 21.4. The number of thiophene rings is 1. The van der Waals surface area contributed by atoms with Crippen LogP contribution in [0.3, 0.4) is 0 Å². The molecule has 7 rings (SSSR count). The molecule has 11 heteroatoms. The molecule has 9 nitrogen and oxygen atoms in total. The van der Waals surface area contributed by atoms with Gasteiger partial charge in [0.1, 0.15) is 11.2 Å². The number of aromatic amines is 2. The number of hydrogen-bond acceptors (Lipinski definition) is 7. The minimum Gasteiger partial charge on any atom is -0.325 e. The summed E-state index contributed by atoms with van der Waals surface area (Å²) in [5.74, 6) is 0.990. The molecule has 1 aliphatic heterocycles. The Morgan fingerprint density at radius 3 is 2.83 bits per heavy atom. The average Bonchev–Trinajstić information content (AvgIpc) is 3.71. The molecule has 0 unspecified atom stereocenters. The lowest BCUT2D eigenvalue weighted by Gasteiger charge is -2.21. The third kappa shape index (κ3) is 4.74. The first kappa shape index (κ1) is 24.6. The van der Waals surface area contributed by atoms with Crippen molar-refractivity contribution in [2.75, 3.05) is 18.4 Å². The molecule has 0 saturated carbocycles. The number of benzene rings is 1. The van der Waals surface area contributed by atoms with Gasteiger partial charge >= 0.3 is 0 Å². The number of H-pyrrole nitrogens is 2. The Hall–Kier alpha value is -4.48. The van der Waals surface area contributed by atoms with Crippen molar-refractivity contribution in [1.82, 2.24) is 35.5 Å². The largest absolute Gasteiger partial charge is 0.325 e. The van der Waals surface area contributed by atoms with Crippen molar-refractivity contribution < 1.29 is 9.18 Å². The first-order valence-corrected chi connectivity index (χ1v) is 14.0. The summed E-state index contributed by atoms with van der Waals surface area (Å²) in [5, 5.41) is 14.6. The van der Waals surface area contributed by atoms with Crippen molar-refractivity contribution in [1.29, 1.82) is 0 Å². The fraction of sp³-hybridized carbons (Fsp3) is 0.207. The zero-order chi connectivity index (χ0) is 27.1. The first-order valence-electron chi connectivity index (χ1n) is 13.2. The molecular weight excluding hydrogens is 527 g/mol. The maximum Gasteiger partial charge on any atom is 0.224 e. The molecule has 1 aliphatic rings. The number of fused-ring (bicyclic) bond motifs is 2. The molecule has 0 aliphatic carbocycles. The zero-order valence-corrected chi connectivity index (χ0v) is 22.2. The molecule has 1 aromatic carbocycles. The molecular formula is C29H25FN8OS. The molecule has 6 heterocycles. The number of anilines is 1. The molecule has 200 valence electrons. The van der Waals surface area contributed by atoms with E-state index >= 15 is 0 Å². The average molecular weight is 553 g/mol. The second-order valence-electron chi connectivity index (χ2n) is 9.99. The van der Waals surface area contributed by atoms with E-state index in [1.54, 1.807) is 24.7 Å². The van der Waals surface area contributed by atoms with Gasteiger partial charge < -0.3 is 15.6 Å². The fourth-order valence-electron chi connectivity index (χ4n) is 5.28. The number of pyridine rings is 2. The summed E-state index contributed by atoms with van der Waals surface area (Å²) in [6, 6.07) is 13.0. The highest BCUT2D eigenvalue weighted by Crippen LogP contribution is 2.35. The Balaban J connectivity index is 1.19. The van der Waals surface area contributed by atoms with E-state index in [-0.39, 0.29) is 11.0 Å². The molecule has 5 aromatic heterocycles. The van der Waals surface area contributed by atoms with E-state index in [4.69, 9.17) is 4.98 Å². The SMILES string of the molecule is O=C(CC1CCNCC1)Nc1cncc(-c2ccc3[nH]nc(-c4nc5c(-c6ccc(F)s6)ccnc5[nH]4)c3c2)c1. The lowest BCUT2D eigenvalue weighted by molar-refractivity contribution is -0.117. The number of carbonyl (C=O) groups excluding carboxylic acids is 1. The van der Waals surface area contributed by atoms with Crippen LogP contribution in [0.15, 0.2) is 61.1 Å². The van der Waals surface area contributed by atoms with E-state index < -0.39 is 0 Å². The van der Waals surface area contributed by atoms with Crippen molar-refractivity contribution in [2.45, 2.75) is 19.3 Å². The summed E-state index contributed by atoms with van der Waals surface area (Å²) < 4.78 is 13.7. The van der Waals surface area contributed by atoms with Crippen LogP contribution in [0.5, 0.6) is 0 Å². The Kier molecular flexibility index (Phi) is 6.29. The molecule has 1 amide bonds. The van der Waals surface area contributed by atoms with Gasteiger partial charge in [-0.15, -0.1) is 11.3 Å². The second-order valence-corrected chi connectivity index (χ2v) is 11.0.